The Bertz CT molecular complexity index is 572. The van der Waals surface area contributed by atoms with Crippen LogP contribution in [0.25, 0.3) is 0 Å². The Kier molecular flexibility index (Phi) is 3.34. The smallest absolute Gasteiger partial charge is 0.0447 e. The first-order valence-electron chi connectivity index (χ1n) is 7.08. The summed E-state index contributed by atoms with van der Waals surface area (Å²) in [6.07, 6.45) is 6.14. The molecule has 2 heteroatoms. The SMILES string of the molecule is CCc1ccc(Cc2cccc3c2CCC3N)nc1. The molecule has 0 fully saturated rings. The Labute approximate surface area is 114 Å². The van der Waals surface area contributed by atoms with Gasteiger partial charge in [-0.15, -0.1) is 0 Å². The molecule has 1 heterocycles. The van der Waals surface area contributed by atoms with E-state index < -0.39 is 0 Å². The number of fused-ring (bicyclic) bond motifs is 1. The molecule has 0 bridgehead atoms. The zero-order valence-electron chi connectivity index (χ0n) is 11.4. The van der Waals surface area contributed by atoms with Crippen LogP contribution in [0.1, 0.15) is 47.3 Å². The Morgan fingerprint density at radius 1 is 1.26 bits per heavy atom. The maximum absolute atomic E-state index is 6.13. The molecular formula is C17H20N2. The first kappa shape index (κ1) is 12.4. The van der Waals surface area contributed by atoms with Gasteiger partial charge in [0.2, 0.25) is 0 Å². The largest absolute Gasteiger partial charge is 0.324 e. The van der Waals surface area contributed by atoms with E-state index in [1.54, 1.807) is 0 Å². The Morgan fingerprint density at radius 3 is 2.89 bits per heavy atom. The van der Waals surface area contributed by atoms with Gasteiger partial charge in [-0.2, -0.15) is 0 Å². The third-order valence-electron chi connectivity index (χ3n) is 4.08. The minimum Gasteiger partial charge on any atom is -0.324 e. The van der Waals surface area contributed by atoms with E-state index in [4.69, 9.17) is 5.73 Å². The van der Waals surface area contributed by atoms with E-state index >= 15 is 0 Å². The third kappa shape index (κ3) is 2.41. The molecule has 19 heavy (non-hydrogen) atoms. The van der Waals surface area contributed by atoms with Crippen molar-refractivity contribution in [1.82, 2.24) is 4.98 Å². The normalized spacial score (nSPS) is 17.5. The maximum atomic E-state index is 6.13. The summed E-state index contributed by atoms with van der Waals surface area (Å²) in [5, 5.41) is 0. The fourth-order valence-electron chi connectivity index (χ4n) is 2.89. The first-order chi connectivity index (χ1) is 9.28. The van der Waals surface area contributed by atoms with E-state index in [2.05, 4.69) is 42.2 Å². The lowest BCUT2D eigenvalue weighted by atomic mass is 9.98. The Balaban J connectivity index is 1.87. The molecule has 0 spiro atoms. The average Bonchev–Trinajstić information content (AvgIpc) is 2.83. The quantitative estimate of drug-likeness (QED) is 0.911. The summed E-state index contributed by atoms with van der Waals surface area (Å²) >= 11 is 0. The van der Waals surface area contributed by atoms with Gasteiger partial charge >= 0.3 is 0 Å². The molecule has 2 aromatic rings. The van der Waals surface area contributed by atoms with Crippen molar-refractivity contribution in [3.63, 3.8) is 0 Å². The van der Waals surface area contributed by atoms with Gasteiger partial charge in [-0.05, 0) is 47.6 Å². The molecule has 1 aliphatic rings. The van der Waals surface area contributed by atoms with Crippen molar-refractivity contribution in [3.8, 4) is 0 Å². The van der Waals surface area contributed by atoms with Gasteiger partial charge in [0.25, 0.3) is 0 Å². The number of hydrogen-bond donors (Lipinski definition) is 1. The summed E-state index contributed by atoms with van der Waals surface area (Å²) in [4.78, 5) is 4.56. The van der Waals surface area contributed by atoms with Gasteiger partial charge in [0.1, 0.15) is 0 Å². The number of nitrogens with zero attached hydrogens (tertiary/aromatic N) is 1. The maximum Gasteiger partial charge on any atom is 0.0447 e. The van der Waals surface area contributed by atoms with Crippen LogP contribution < -0.4 is 5.73 Å². The highest BCUT2D eigenvalue weighted by Gasteiger charge is 2.21. The van der Waals surface area contributed by atoms with Crippen LogP contribution in [0.3, 0.4) is 0 Å². The number of hydrogen-bond acceptors (Lipinski definition) is 2. The molecule has 1 atom stereocenters. The van der Waals surface area contributed by atoms with E-state index in [1.165, 1.54) is 22.3 Å². The lowest BCUT2D eigenvalue weighted by Crippen LogP contribution is -2.05. The fraction of sp³-hybridized carbons (Fsp3) is 0.353. The highest BCUT2D eigenvalue weighted by atomic mass is 14.7. The zero-order chi connectivity index (χ0) is 13.2. The second kappa shape index (κ2) is 5.14. The highest BCUT2D eigenvalue weighted by molar-refractivity contribution is 5.42. The molecule has 1 unspecified atom stereocenters. The molecule has 2 N–H and O–H groups in total. The van der Waals surface area contributed by atoms with Gasteiger partial charge in [-0.25, -0.2) is 0 Å². The van der Waals surface area contributed by atoms with Crippen molar-refractivity contribution >= 4 is 0 Å². The molecule has 1 aromatic heterocycles. The van der Waals surface area contributed by atoms with Crippen LogP contribution in [0.2, 0.25) is 0 Å². The van der Waals surface area contributed by atoms with Gasteiger partial charge in [-0.1, -0.05) is 31.2 Å². The summed E-state index contributed by atoms with van der Waals surface area (Å²) in [6.45, 7) is 2.15. The highest BCUT2D eigenvalue weighted by Crippen LogP contribution is 2.32. The summed E-state index contributed by atoms with van der Waals surface area (Å²) < 4.78 is 0. The van der Waals surface area contributed by atoms with Crippen molar-refractivity contribution in [2.24, 2.45) is 5.73 Å². The number of aromatic nitrogens is 1. The summed E-state index contributed by atoms with van der Waals surface area (Å²) in [5.41, 5.74) is 12.8. The minimum atomic E-state index is 0.227. The number of rotatable bonds is 3. The predicted molar refractivity (Wildman–Crippen MR) is 78.1 cm³/mol. The first-order valence-corrected chi connectivity index (χ1v) is 7.08. The van der Waals surface area contributed by atoms with Gasteiger partial charge < -0.3 is 5.73 Å². The molecule has 0 aliphatic heterocycles. The lowest BCUT2D eigenvalue weighted by molar-refractivity contribution is 0.713. The van der Waals surface area contributed by atoms with Crippen molar-refractivity contribution in [3.05, 3.63) is 64.5 Å². The average molecular weight is 252 g/mol. The fourth-order valence-corrected chi connectivity index (χ4v) is 2.89. The molecule has 3 rings (SSSR count). The predicted octanol–water partition coefficient (Wildman–Crippen LogP) is 3.18. The second-order valence-electron chi connectivity index (χ2n) is 5.32. The van der Waals surface area contributed by atoms with Gasteiger partial charge in [-0.3, -0.25) is 4.98 Å². The van der Waals surface area contributed by atoms with Crippen LogP contribution in [0, 0.1) is 0 Å². The van der Waals surface area contributed by atoms with E-state index in [-0.39, 0.29) is 6.04 Å². The van der Waals surface area contributed by atoms with E-state index in [0.29, 0.717) is 0 Å². The summed E-state index contributed by atoms with van der Waals surface area (Å²) in [7, 11) is 0. The van der Waals surface area contributed by atoms with E-state index in [0.717, 1.165) is 31.4 Å². The van der Waals surface area contributed by atoms with Gasteiger partial charge in [0, 0.05) is 24.4 Å². The number of benzene rings is 1. The zero-order valence-corrected chi connectivity index (χ0v) is 11.4. The van der Waals surface area contributed by atoms with Crippen LogP contribution in [0.4, 0.5) is 0 Å². The van der Waals surface area contributed by atoms with E-state index in [1.807, 2.05) is 6.20 Å². The van der Waals surface area contributed by atoms with Gasteiger partial charge in [0.15, 0.2) is 0 Å². The molecule has 1 aliphatic carbocycles. The van der Waals surface area contributed by atoms with Crippen LogP contribution in [0.5, 0.6) is 0 Å². The third-order valence-corrected chi connectivity index (χ3v) is 4.08. The molecule has 0 radical (unpaired) electrons. The van der Waals surface area contributed by atoms with Crippen molar-refractivity contribution in [1.29, 1.82) is 0 Å². The Morgan fingerprint density at radius 2 is 2.16 bits per heavy atom. The van der Waals surface area contributed by atoms with Crippen LogP contribution in [0.15, 0.2) is 36.5 Å². The number of aryl methyl sites for hydroxylation is 1. The molecule has 98 valence electrons. The molecular weight excluding hydrogens is 232 g/mol. The number of nitrogens with two attached hydrogens (primary N) is 1. The minimum absolute atomic E-state index is 0.227. The molecule has 1 aromatic carbocycles. The van der Waals surface area contributed by atoms with Crippen molar-refractivity contribution in [2.75, 3.05) is 0 Å². The van der Waals surface area contributed by atoms with Crippen LogP contribution in [-0.4, -0.2) is 4.98 Å². The standard InChI is InChI=1S/C17H20N2/c1-2-12-6-7-14(19-11-12)10-13-4-3-5-16-15(13)8-9-17(16)18/h3-7,11,17H,2,8-10,18H2,1H3. The monoisotopic (exact) mass is 252 g/mol. The van der Waals surface area contributed by atoms with Crippen molar-refractivity contribution < 1.29 is 0 Å². The molecule has 0 saturated heterocycles. The lowest BCUT2D eigenvalue weighted by Gasteiger charge is -2.09. The van der Waals surface area contributed by atoms with Crippen LogP contribution in [-0.2, 0) is 19.3 Å². The molecule has 0 saturated carbocycles. The number of pyridine rings is 1. The molecule has 0 amide bonds. The second-order valence-corrected chi connectivity index (χ2v) is 5.32. The van der Waals surface area contributed by atoms with Gasteiger partial charge in [0.05, 0.1) is 0 Å². The topological polar surface area (TPSA) is 38.9 Å². The summed E-state index contributed by atoms with van der Waals surface area (Å²) in [6, 6.07) is 11.1. The van der Waals surface area contributed by atoms with E-state index in [9.17, 15) is 0 Å². The Hall–Kier alpha value is -1.67. The molecule has 2 nitrogen and oxygen atoms in total. The van der Waals surface area contributed by atoms with Crippen molar-refractivity contribution in [2.45, 2.75) is 38.6 Å². The van der Waals surface area contributed by atoms with Crippen LogP contribution >= 0.6 is 0 Å². The summed E-state index contributed by atoms with van der Waals surface area (Å²) in [5.74, 6) is 0.